The molecule has 0 aromatic carbocycles. The van der Waals surface area contributed by atoms with Gasteiger partial charge >= 0.3 is 0 Å². The van der Waals surface area contributed by atoms with E-state index in [2.05, 4.69) is 32.9 Å². The van der Waals surface area contributed by atoms with Gasteiger partial charge in [0.2, 0.25) is 0 Å². The highest BCUT2D eigenvalue weighted by atomic mass is 16.5. The van der Waals surface area contributed by atoms with Gasteiger partial charge in [-0.25, -0.2) is 0 Å². The molecule has 0 amide bonds. The van der Waals surface area contributed by atoms with E-state index in [1.807, 2.05) is 0 Å². The molecule has 1 fully saturated rings. The van der Waals surface area contributed by atoms with Crippen LogP contribution >= 0.6 is 0 Å². The Labute approximate surface area is 101 Å². The summed E-state index contributed by atoms with van der Waals surface area (Å²) in [4.78, 5) is 0. The van der Waals surface area contributed by atoms with Crippen LogP contribution in [-0.2, 0) is 4.74 Å². The van der Waals surface area contributed by atoms with Crippen LogP contribution in [0.3, 0.4) is 0 Å². The molecule has 2 atom stereocenters. The molecule has 0 aromatic rings. The third kappa shape index (κ3) is 4.69. The molecule has 1 heterocycles. The van der Waals surface area contributed by atoms with Crippen molar-refractivity contribution in [2.45, 2.75) is 65.4 Å². The largest absolute Gasteiger partial charge is 0.377 e. The number of ether oxygens (including phenoxy) is 1. The Hall–Kier alpha value is -0.300. The minimum atomic E-state index is 0.445. The fourth-order valence-corrected chi connectivity index (χ4v) is 2.47. The van der Waals surface area contributed by atoms with Crippen LogP contribution in [0, 0.1) is 11.8 Å². The summed E-state index contributed by atoms with van der Waals surface area (Å²) in [6.45, 7) is 7.77. The Bertz CT molecular complexity index is 196. The molecule has 0 aliphatic carbocycles. The van der Waals surface area contributed by atoms with E-state index in [1.165, 1.54) is 38.5 Å². The van der Waals surface area contributed by atoms with Gasteiger partial charge in [-0.05, 0) is 25.2 Å². The SMILES string of the molecule is CCCC/C=C/[C@@H]1CCCCO[C@H]1C(C)C. The van der Waals surface area contributed by atoms with Gasteiger partial charge < -0.3 is 4.74 Å². The van der Waals surface area contributed by atoms with Crippen LogP contribution in [0.15, 0.2) is 12.2 Å². The molecule has 1 aliphatic heterocycles. The Balaban J connectivity index is 2.47. The van der Waals surface area contributed by atoms with Gasteiger partial charge in [-0.3, -0.25) is 0 Å². The van der Waals surface area contributed by atoms with Crippen molar-refractivity contribution in [2.75, 3.05) is 6.61 Å². The predicted molar refractivity (Wildman–Crippen MR) is 70.6 cm³/mol. The zero-order valence-corrected chi connectivity index (χ0v) is 11.2. The van der Waals surface area contributed by atoms with Crippen LogP contribution < -0.4 is 0 Å². The topological polar surface area (TPSA) is 9.23 Å². The summed E-state index contributed by atoms with van der Waals surface area (Å²) in [7, 11) is 0. The van der Waals surface area contributed by atoms with Gasteiger partial charge in [0.15, 0.2) is 0 Å². The molecule has 1 heteroatoms. The summed E-state index contributed by atoms with van der Waals surface area (Å²) < 4.78 is 5.98. The molecule has 0 radical (unpaired) electrons. The minimum Gasteiger partial charge on any atom is -0.377 e. The first-order valence-corrected chi connectivity index (χ1v) is 7.04. The summed E-state index contributed by atoms with van der Waals surface area (Å²) in [5, 5.41) is 0. The average Bonchev–Trinajstić information content (AvgIpc) is 2.49. The molecule has 0 N–H and O–H groups in total. The molecule has 16 heavy (non-hydrogen) atoms. The highest BCUT2D eigenvalue weighted by Crippen LogP contribution is 2.27. The molecular formula is C15H28O. The van der Waals surface area contributed by atoms with Crippen LogP contribution in [0.25, 0.3) is 0 Å². The van der Waals surface area contributed by atoms with Gasteiger partial charge in [0.25, 0.3) is 0 Å². The second kappa shape index (κ2) is 7.89. The third-order valence-electron chi connectivity index (χ3n) is 3.43. The molecule has 1 nitrogen and oxygen atoms in total. The predicted octanol–water partition coefficient (Wildman–Crippen LogP) is 4.57. The number of allylic oxidation sites excluding steroid dienone is 1. The molecule has 1 aliphatic rings. The van der Waals surface area contributed by atoms with Gasteiger partial charge in [0.1, 0.15) is 0 Å². The normalized spacial score (nSPS) is 27.5. The molecule has 94 valence electrons. The van der Waals surface area contributed by atoms with Gasteiger partial charge in [-0.15, -0.1) is 0 Å². The molecule has 0 spiro atoms. The first-order valence-electron chi connectivity index (χ1n) is 7.04. The Morgan fingerprint density at radius 3 is 2.81 bits per heavy atom. The number of hydrogen-bond acceptors (Lipinski definition) is 1. The van der Waals surface area contributed by atoms with E-state index >= 15 is 0 Å². The number of rotatable bonds is 5. The zero-order valence-electron chi connectivity index (χ0n) is 11.2. The smallest absolute Gasteiger partial charge is 0.0660 e. The van der Waals surface area contributed by atoms with Crippen LogP contribution in [0.4, 0.5) is 0 Å². The standard InChI is InChI=1S/C15H28O/c1-4-5-6-7-10-14-11-8-9-12-16-15(14)13(2)3/h7,10,13-15H,4-6,8-9,11-12H2,1-3H3/b10-7+/t14-,15+/m1/s1. The summed E-state index contributed by atoms with van der Waals surface area (Å²) in [6.07, 6.45) is 13.0. The van der Waals surface area contributed by atoms with E-state index in [4.69, 9.17) is 4.74 Å². The van der Waals surface area contributed by atoms with E-state index in [-0.39, 0.29) is 0 Å². The fraction of sp³-hybridized carbons (Fsp3) is 0.867. The molecule has 0 unspecified atom stereocenters. The van der Waals surface area contributed by atoms with Crippen molar-refractivity contribution in [1.82, 2.24) is 0 Å². The van der Waals surface area contributed by atoms with Crippen molar-refractivity contribution in [3.05, 3.63) is 12.2 Å². The van der Waals surface area contributed by atoms with Gasteiger partial charge in [0, 0.05) is 12.5 Å². The Morgan fingerprint density at radius 1 is 1.31 bits per heavy atom. The van der Waals surface area contributed by atoms with Crippen LogP contribution in [0.5, 0.6) is 0 Å². The van der Waals surface area contributed by atoms with Crippen molar-refractivity contribution >= 4 is 0 Å². The van der Waals surface area contributed by atoms with Crippen molar-refractivity contribution in [3.63, 3.8) is 0 Å². The molecular weight excluding hydrogens is 196 g/mol. The quantitative estimate of drug-likeness (QED) is 0.491. The van der Waals surface area contributed by atoms with E-state index in [1.54, 1.807) is 0 Å². The first kappa shape index (κ1) is 13.8. The maximum atomic E-state index is 5.98. The first-order chi connectivity index (χ1) is 7.75. The molecule has 1 saturated heterocycles. The van der Waals surface area contributed by atoms with Gasteiger partial charge in [-0.2, -0.15) is 0 Å². The van der Waals surface area contributed by atoms with E-state index in [0.717, 1.165) is 6.61 Å². The zero-order chi connectivity index (χ0) is 11.8. The van der Waals surface area contributed by atoms with Crippen molar-refractivity contribution in [1.29, 1.82) is 0 Å². The van der Waals surface area contributed by atoms with E-state index < -0.39 is 0 Å². The summed E-state index contributed by atoms with van der Waals surface area (Å²) in [6, 6.07) is 0. The lowest BCUT2D eigenvalue weighted by molar-refractivity contribution is 0.00663. The second-order valence-electron chi connectivity index (χ2n) is 5.31. The second-order valence-corrected chi connectivity index (χ2v) is 5.31. The van der Waals surface area contributed by atoms with Crippen molar-refractivity contribution in [2.24, 2.45) is 11.8 Å². The highest BCUT2D eigenvalue weighted by molar-refractivity contribution is 4.94. The highest BCUT2D eigenvalue weighted by Gasteiger charge is 2.24. The molecule has 0 saturated carbocycles. The summed E-state index contributed by atoms with van der Waals surface area (Å²) in [5.74, 6) is 1.29. The number of unbranched alkanes of at least 4 members (excludes halogenated alkanes) is 2. The summed E-state index contributed by atoms with van der Waals surface area (Å²) in [5.41, 5.74) is 0. The van der Waals surface area contributed by atoms with E-state index in [9.17, 15) is 0 Å². The lowest BCUT2D eigenvalue weighted by atomic mass is 9.89. The van der Waals surface area contributed by atoms with Gasteiger partial charge in [-0.1, -0.05) is 52.2 Å². The fourth-order valence-electron chi connectivity index (χ4n) is 2.47. The maximum absolute atomic E-state index is 5.98. The van der Waals surface area contributed by atoms with Crippen LogP contribution in [0.2, 0.25) is 0 Å². The number of hydrogen-bond donors (Lipinski definition) is 0. The average molecular weight is 224 g/mol. The lowest BCUT2D eigenvalue weighted by Crippen LogP contribution is -2.26. The summed E-state index contributed by atoms with van der Waals surface area (Å²) >= 11 is 0. The van der Waals surface area contributed by atoms with Gasteiger partial charge in [0.05, 0.1) is 6.10 Å². The maximum Gasteiger partial charge on any atom is 0.0660 e. The Morgan fingerprint density at radius 2 is 2.12 bits per heavy atom. The van der Waals surface area contributed by atoms with Crippen molar-refractivity contribution in [3.8, 4) is 0 Å². The molecule has 0 bridgehead atoms. The minimum absolute atomic E-state index is 0.445. The van der Waals surface area contributed by atoms with E-state index in [0.29, 0.717) is 17.9 Å². The molecule has 0 aromatic heterocycles. The van der Waals surface area contributed by atoms with Crippen molar-refractivity contribution < 1.29 is 4.74 Å². The lowest BCUT2D eigenvalue weighted by Gasteiger charge is -2.25. The molecule has 1 rings (SSSR count). The van der Waals surface area contributed by atoms with Crippen LogP contribution in [0.1, 0.15) is 59.3 Å². The third-order valence-corrected chi connectivity index (χ3v) is 3.43. The Kier molecular flexibility index (Phi) is 6.79. The van der Waals surface area contributed by atoms with Crippen LogP contribution in [-0.4, -0.2) is 12.7 Å². The monoisotopic (exact) mass is 224 g/mol.